The molecule has 0 aliphatic carbocycles. The van der Waals surface area contributed by atoms with E-state index in [9.17, 15) is 45.5 Å². The number of aromatic nitrogens is 1. The summed E-state index contributed by atoms with van der Waals surface area (Å²) in [5.41, 5.74) is 26.7. The third-order valence-electron chi connectivity index (χ3n) is 12.5. The number of pyridine rings is 1. The third kappa shape index (κ3) is 13.3. The van der Waals surface area contributed by atoms with E-state index in [1.54, 1.807) is 82.5 Å². The molecule has 2 atom stereocenters. The second-order valence-corrected chi connectivity index (χ2v) is 17.8. The molecular formula is C52H55F6N10O5+. The SMILES string of the molecule is Nc1ccc([C@@H](N)C2=C(Nc3cccc(C(F)(F)F)c3)CN(CCCN(CCCN3CC(Nc4cccc(C(F)(F)F)c4)=C([C@H](N)c4ccc(N)cc4)C3=O)C(=O)c3cc[n+](CCCC(=O)O)cc3)C2=O)cc1. The number of nitrogens with zero attached hydrogens (tertiary/aromatic N) is 4. The summed E-state index contributed by atoms with van der Waals surface area (Å²) in [4.78, 5) is 58.4. The minimum absolute atomic E-state index is 0.0383. The summed E-state index contributed by atoms with van der Waals surface area (Å²) in [5.74, 6) is -2.25. The van der Waals surface area contributed by atoms with Crippen molar-refractivity contribution in [1.82, 2.24) is 14.7 Å². The zero-order valence-electron chi connectivity index (χ0n) is 39.4. The number of hydrogen-bond donors (Lipinski definition) is 7. The number of carboxylic acids is 1. The standard InChI is InChI=1S/C52H54F6N10O5/c53-51(54,55)35-6-1-8-39(28-35)63-41-30-67(49(72)44(41)46(61)32-11-15-37(59)16-12-32)24-4-22-66(48(71)34-19-26-65(27-20-34)21-3-10-43(69)70)23-5-25-68-31-42(64-40-9-2-7-36(29-40)52(56,57)58)45(50(68)73)47(62)33-13-17-38(60)18-14-33/h1-2,6-9,11-20,26-29,46-47H,3-5,10,21-25,30-31,59-62H2,(H2-,63,64,69,70,72,73)/p+1/t46-,47-/m1/s1. The van der Waals surface area contributed by atoms with Crippen LogP contribution in [-0.2, 0) is 33.3 Å². The highest BCUT2D eigenvalue weighted by atomic mass is 19.4. The average Bonchev–Trinajstić information content (AvgIpc) is 3.82. The van der Waals surface area contributed by atoms with E-state index in [2.05, 4.69) is 10.6 Å². The topological polar surface area (TPSA) is 230 Å². The molecule has 0 saturated carbocycles. The Morgan fingerprint density at radius 3 is 1.47 bits per heavy atom. The van der Waals surface area contributed by atoms with Gasteiger partial charge in [-0.3, -0.25) is 19.2 Å². The van der Waals surface area contributed by atoms with Crippen LogP contribution in [0.5, 0.6) is 0 Å². The third-order valence-corrected chi connectivity index (χ3v) is 12.5. The monoisotopic (exact) mass is 1010 g/mol. The minimum atomic E-state index is -4.62. The van der Waals surface area contributed by atoms with Crippen LogP contribution < -0.4 is 38.1 Å². The van der Waals surface area contributed by atoms with Gasteiger partial charge in [-0.15, -0.1) is 0 Å². The Hall–Kier alpha value is -7.91. The lowest BCUT2D eigenvalue weighted by Crippen LogP contribution is -2.39. The number of hydrogen-bond acceptors (Lipinski definition) is 10. The van der Waals surface area contributed by atoms with Crippen molar-refractivity contribution in [2.45, 2.75) is 56.7 Å². The lowest BCUT2D eigenvalue weighted by atomic mass is 9.98. The van der Waals surface area contributed by atoms with Gasteiger partial charge in [0.2, 0.25) is 0 Å². The Morgan fingerprint density at radius 2 is 1.07 bits per heavy atom. The second kappa shape index (κ2) is 22.7. The molecule has 0 unspecified atom stereocenters. The van der Waals surface area contributed by atoms with E-state index in [1.807, 2.05) is 0 Å². The van der Waals surface area contributed by atoms with Crippen LogP contribution in [0, 0.1) is 0 Å². The van der Waals surface area contributed by atoms with Crippen molar-refractivity contribution in [3.8, 4) is 0 Å². The van der Waals surface area contributed by atoms with E-state index in [-0.39, 0.29) is 87.0 Å². The first-order valence-electron chi connectivity index (χ1n) is 23.3. The molecule has 21 heteroatoms. The fourth-order valence-electron chi connectivity index (χ4n) is 8.71. The molecule has 2 aliphatic heterocycles. The van der Waals surface area contributed by atoms with Gasteiger partial charge >= 0.3 is 18.3 Å². The van der Waals surface area contributed by atoms with E-state index in [0.717, 1.165) is 24.3 Å². The van der Waals surface area contributed by atoms with Crippen LogP contribution in [0.3, 0.4) is 0 Å². The number of nitrogens with two attached hydrogens (primary N) is 4. The maximum absolute atomic E-state index is 14.3. The van der Waals surface area contributed by atoms with Crippen LogP contribution in [0.2, 0.25) is 0 Å². The lowest BCUT2D eigenvalue weighted by molar-refractivity contribution is -0.697. The van der Waals surface area contributed by atoms with Gasteiger partial charge in [-0.1, -0.05) is 36.4 Å². The predicted octanol–water partition coefficient (Wildman–Crippen LogP) is 7.08. The van der Waals surface area contributed by atoms with Crippen molar-refractivity contribution in [2.75, 3.05) is 61.4 Å². The summed E-state index contributed by atoms with van der Waals surface area (Å²) in [6.45, 7) is 0.716. The number of carbonyl (C=O) groups excluding carboxylic acids is 3. The molecule has 3 heterocycles. The number of anilines is 4. The lowest BCUT2D eigenvalue weighted by Gasteiger charge is -2.26. The second-order valence-electron chi connectivity index (χ2n) is 17.8. The first-order chi connectivity index (χ1) is 34.7. The normalized spacial score (nSPS) is 15.0. The largest absolute Gasteiger partial charge is 0.481 e. The van der Waals surface area contributed by atoms with Crippen LogP contribution in [0.4, 0.5) is 49.1 Å². The van der Waals surface area contributed by atoms with E-state index >= 15 is 0 Å². The Bertz CT molecular complexity index is 2720. The van der Waals surface area contributed by atoms with Gasteiger partial charge in [0, 0.05) is 78.9 Å². The molecule has 0 fully saturated rings. The van der Waals surface area contributed by atoms with E-state index < -0.39 is 53.3 Å². The van der Waals surface area contributed by atoms with Gasteiger partial charge in [0.1, 0.15) is 6.54 Å². The first kappa shape index (κ1) is 52.9. The molecule has 0 radical (unpaired) electrons. The summed E-state index contributed by atoms with van der Waals surface area (Å²) in [5, 5.41) is 15.1. The highest BCUT2D eigenvalue weighted by Crippen LogP contribution is 2.36. The van der Waals surface area contributed by atoms with Gasteiger partial charge in [0.05, 0.1) is 59.4 Å². The van der Waals surface area contributed by atoms with Crippen molar-refractivity contribution >= 4 is 46.4 Å². The van der Waals surface area contributed by atoms with Gasteiger partial charge in [0.25, 0.3) is 17.7 Å². The number of carboxylic acid groups (broad SMARTS) is 1. The summed E-state index contributed by atoms with van der Waals surface area (Å²) >= 11 is 0. The fraction of sp³-hybridized carbons (Fsp3) is 0.288. The molecule has 15 nitrogen and oxygen atoms in total. The molecule has 0 spiro atoms. The first-order valence-corrected chi connectivity index (χ1v) is 23.3. The molecule has 4 aromatic carbocycles. The maximum atomic E-state index is 14.3. The number of alkyl halides is 6. The van der Waals surface area contributed by atoms with Gasteiger partial charge < -0.3 is 53.4 Å². The number of carbonyl (C=O) groups is 4. The molecule has 73 heavy (non-hydrogen) atoms. The minimum Gasteiger partial charge on any atom is -0.481 e. The molecule has 2 aliphatic rings. The highest BCUT2D eigenvalue weighted by Gasteiger charge is 2.38. The number of amides is 3. The Morgan fingerprint density at radius 1 is 0.644 bits per heavy atom. The van der Waals surface area contributed by atoms with Crippen LogP contribution in [0.25, 0.3) is 0 Å². The Balaban J connectivity index is 1.09. The number of rotatable bonds is 21. The van der Waals surface area contributed by atoms with Gasteiger partial charge in [-0.05, 0) is 84.6 Å². The van der Waals surface area contributed by atoms with Crippen molar-refractivity contribution in [3.05, 3.63) is 172 Å². The molecule has 7 rings (SSSR count). The molecule has 384 valence electrons. The van der Waals surface area contributed by atoms with Crippen LogP contribution in [-0.4, -0.2) is 82.8 Å². The smallest absolute Gasteiger partial charge is 0.416 e. The predicted molar refractivity (Wildman–Crippen MR) is 262 cm³/mol. The van der Waals surface area contributed by atoms with Crippen molar-refractivity contribution in [1.29, 1.82) is 0 Å². The van der Waals surface area contributed by atoms with Crippen molar-refractivity contribution < 1.29 is 55.2 Å². The summed E-state index contributed by atoms with van der Waals surface area (Å²) in [6, 6.07) is 23.5. The molecular weight excluding hydrogens is 959 g/mol. The summed E-state index contributed by atoms with van der Waals surface area (Å²) < 4.78 is 83.9. The molecule has 5 aromatic rings. The van der Waals surface area contributed by atoms with Gasteiger partial charge in [-0.25, -0.2) is 4.57 Å². The highest BCUT2D eigenvalue weighted by molar-refractivity contribution is 6.00. The molecule has 3 amide bonds. The number of benzene rings is 4. The van der Waals surface area contributed by atoms with Crippen LogP contribution >= 0.6 is 0 Å². The zero-order chi connectivity index (χ0) is 52.6. The van der Waals surface area contributed by atoms with Crippen molar-refractivity contribution in [2.24, 2.45) is 11.5 Å². The number of nitrogen functional groups attached to an aromatic ring is 2. The van der Waals surface area contributed by atoms with E-state index in [0.29, 0.717) is 52.4 Å². The Kier molecular flexibility index (Phi) is 16.4. The maximum Gasteiger partial charge on any atom is 0.416 e. The Labute approximate surface area is 416 Å². The van der Waals surface area contributed by atoms with Gasteiger partial charge in [0.15, 0.2) is 12.4 Å². The summed E-state index contributed by atoms with van der Waals surface area (Å²) in [7, 11) is 0. The number of aryl methyl sites for hydroxylation is 1. The number of halogens is 6. The molecule has 11 N–H and O–H groups in total. The average molecular weight is 1010 g/mol. The zero-order valence-corrected chi connectivity index (χ0v) is 39.4. The van der Waals surface area contributed by atoms with Gasteiger partial charge in [-0.2, -0.15) is 26.3 Å². The molecule has 1 aromatic heterocycles. The van der Waals surface area contributed by atoms with E-state index in [4.69, 9.17) is 28.0 Å². The van der Waals surface area contributed by atoms with Crippen LogP contribution in [0.1, 0.15) is 70.4 Å². The molecule has 0 saturated heterocycles. The van der Waals surface area contributed by atoms with E-state index in [1.165, 1.54) is 34.1 Å². The van der Waals surface area contributed by atoms with Crippen molar-refractivity contribution in [3.63, 3.8) is 0 Å². The number of nitrogens with one attached hydrogen (secondary N) is 2. The quantitative estimate of drug-likeness (QED) is 0.0223. The molecule has 0 bridgehead atoms. The van der Waals surface area contributed by atoms with Crippen LogP contribution in [0.15, 0.2) is 144 Å². The fourth-order valence-corrected chi connectivity index (χ4v) is 8.71. The number of aliphatic carboxylic acids is 1. The summed E-state index contributed by atoms with van der Waals surface area (Å²) in [6.07, 6.45) is -5.14.